The van der Waals surface area contributed by atoms with Gasteiger partial charge >= 0.3 is 0 Å². The van der Waals surface area contributed by atoms with Crippen molar-refractivity contribution in [3.8, 4) is 0 Å². The van der Waals surface area contributed by atoms with Crippen LogP contribution in [0, 0.1) is 5.92 Å². The molecule has 0 saturated heterocycles. The maximum absolute atomic E-state index is 5.53. The van der Waals surface area contributed by atoms with E-state index in [0.717, 1.165) is 12.5 Å². The Kier molecular flexibility index (Phi) is 13.4. The van der Waals surface area contributed by atoms with E-state index in [1.54, 1.807) is 0 Å². The summed E-state index contributed by atoms with van der Waals surface area (Å²) in [7, 11) is 0. The van der Waals surface area contributed by atoms with Gasteiger partial charge in [0.25, 0.3) is 0 Å². The van der Waals surface area contributed by atoms with Gasteiger partial charge in [0.05, 0.1) is 6.10 Å². The quantitative estimate of drug-likeness (QED) is 0.369. The maximum atomic E-state index is 5.53. The van der Waals surface area contributed by atoms with Crippen LogP contribution in [0.15, 0.2) is 0 Å². The molecule has 0 aromatic heterocycles. The molecule has 0 aromatic rings. The van der Waals surface area contributed by atoms with Gasteiger partial charge in [0.1, 0.15) is 0 Å². The Morgan fingerprint density at radius 3 is 1.50 bits per heavy atom. The normalized spacial score (nSPS) is 11.7. The van der Waals surface area contributed by atoms with E-state index < -0.39 is 0 Å². The van der Waals surface area contributed by atoms with E-state index in [9.17, 15) is 0 Å². The molecule has 0 saturated carbocycles. The van der Waals surface area contributed by atoms with Crippen LogP contribution in [0.4, 0.5) is 0 Å². The largest absolute Gasteiger partial charge is 0.379 e. The van der Waals surface area contributed by atoms with E-state index in [-0.39, 0.29) is 0 Å². The zero-order chi connectivity index (χ0) is 13.6. The first-order valence-corrected chi connectivity index (χ1v) is 8.24. The summed E-state index contributed by atoms with van der Waals surface area (Å²) in [4.78, 5) is 0. The van der Waals surface area contributed by atoms with E-state index >= 15 is 0 Å². The van der Waals surface area contributed by atoms with Crippen molar-refractivity contribution in [2.24, 2.45) is 5.92 Å². The van der Waals surface area contributed by atoms with Crippen molar-refractivity contribution in [2.75, 3.05) is 6.61 Å². The second kappa shape index (κ2) is 13.4. The standard InChI is InChI=1S/C17H36O/c1-16(2)14-12-10-8-6-5-7-9-11-13-15-18-17(3)4/h16-17H,5-15H2,1-4H3. The molecule has 0 bridgehead atoms. The molecule has 0 amide bonds. The predicted molar refractivity (Wildman–Crippen MR) is 82.1 cm³/mol. The molecule has 18 heavy (non-hydrogen) atoms. The first-order valence-electron chi connectivity index (χ1n) is 8.24. The number of unbranched alkanes of at least 4 members (excludes halogenated alkanes) is 8. The van der Waals surface area contributed by atoms with Gasteiger partial charge in [-0.2, -0.15) is 0 Å². The Morgan fingerprint density at radius 1 is 0.611 bits per heavy atom. The lowest BCUT2D eigenvalue weighted by Crippen LogP contribution is -2.03. The van der Waals surface area contributed by atoms with Crippen molar-refractivity contribution < 1.29 is 4.74 Å². The van der Waals surface area contributed by atoms with Crippen molar-refractivity contribution >= 4 is 0 Å². The molecule has 0 rings (SSSR count). The van der Waals surface area contributed by atoms with Crippen LogP contribution in [0.1, 0.15) is 91.9 Å². The summed E-state index contributed by atoms with van der Waals surface area (Å²) in [5.74, 6) is 0.887. The molecule has 0 radical (unpaired) electrons. The Labute approximate surface area is 116 Å². The van der Waals surface area contributed by atoms with Crippen molar-refractivity contribution in [1.82, 2.24) is 0 Å². The molecule has 0 unspecified atom stereocenters. The van der Waals surface area contributed by atoms with Crippen LogP contribution in [0.5, 0.6) is 0 Å². The molecule has 0 aliphatic carbocycles. The minimum atomic E-state index is 0.399. The molecule has 0 spiro atoms. The van der Waals surface area contributed by atoms with Gasteiger partial charge in [-0.3, -0.25) is 0 Å². The van der Waals surface area contributed by atoms with E-state index in [2.05, 4.69) is 27.7 Å². The average molecular weight is 256 g/mol. The van der Waals surface area contributed by atoms with E-state index in [1.165, 1.54) is 64.2 Å². The molecule has 0 heterocycles. The molecular weight excluding hydrogens is 220 g/mol. The van der Waals surface area contributed by atoms with Crippen molar-refractivity contribution in [2.45, 2.75) is 98.0 Å². The van der Waals surface area contributed by atoms with Gasteiger partial charge in [-0.15, -0.1) is 0 Å². The fourth-order valence-electron chi connectivity index (χ4n) is 2.21. The van der Waals surface area contributed by atoms with Crippen LogP contribution in [-0.4, -0.2) is 12.7 Å². The third kappa shape index (κ3) is 16.0. The summed E-state index contributed by atoms with van der Waals surface area (Å²) in [5.41, 5.74) is 0. The van der Waals surface area contributed by atoms with Crippen LogP contribution in [0.2, 0.25) is 0 Å². The second-order valence-corrected chi connectivity index (χ2v) is 6.28. The lowest BCUT2D eigenvalue weighted by molar-refractivity contribution is 0.0756. The number of rotatable bonds is 13. The van der Waals surface area contributed by atoms with Crippen LogP contribution in [0.3, 0.4) is 0 Å². The van der Waals surface area contributed by atoms with Gasteiger partial charge in [-0.25, -0.2) is 0 Å². The van der Waals surface area contributed by atoms with E-state index in [1.807, 2.05) is 0 Å². The SMILES string of the molecule is CC(C)CCCCCCCCCCCOC(C)C. The van der Waals surface area contributed by atoms with Crippen molar-refractivity contribution in [1.29, 1.82) is 0 Å². The van der Waals surface area contributed by atoms with Gasteiger partial charge in [-0.1, -0.05) is 71.6 Å². The first-order chi connectivity index (χ1) is 8.63. The minimum Gasteiger partial charge on any atom is -0.379 e. The second-order valence-electron chi connectivity index (χ2n) is 6.28. The summed E-state index contributed by atoms with van der Waals surface area (Å²) < 4.78 is 5.53. The maximum Gasteiger partial charge on any atom is 0.0518 e. The predicted octanol–water partition coefficient (Wildman–Crippen LogP) is 5.97. The van der Waals surface area contributed by atoms with Crippen LogP contribution in [0.25, 0.3) is 0 Å². The van der Waals surface area contributed by atoms with E-state index in [4.69, 9.17) is 4.74 Å². The van der Waals surface area contributed by atoms with Crippen LogP contribution in [-0.2, 0) is 4.74 Å². The summed E-state index contributed by atoms with van der Waals surface area (Å²) >= 11 is 0. The molecule has 1 heteroatoms. The highest BCUT2D eigenvalue weighted by Crippen LogP contribution is 2.13. The van der Waals surface area contributed by atoms with Crippen molar-refractivity contribution in [3.63, 3.8) is 0 Å². The van der Waals surface area contributed by atoms with Gasteiger partial charge in [0.2, 0.25) is 0 Å². The zero-order valence-corrected chi connectivity index (χ0v) is 13.3. The summed E-state index contributed by atoms with van der Waals surface area (Å²) in [6.07, 6.45) is 14.4. The smallest absolute Gasteiger partial charge is 0.0518 e. The monoisotopic (exact) mass is 256 g/mol. The Bertz CT molecular complexity index is 134. The lowest BCUT2D eigenvalue weighted by atomic mass is 10.0. The topological polar surface area (TPSA) is 9.23 Å². The highest BCUT2D eigenvalue weighted by atomic mass is 16.5. The molecule has 0 fully saturated rings. The number of hydrogen-bond acceptors (Lipinski definition) is 1. The molecule has 0 N–H and O–H groups in total. The molecule has 110 valence electrons. The molecule has 0 aromatic carbocycles. The van der Waals surface area contributed by atoms with Crippen LogP contribution < -0.4 is 0 Å². The minimum absolute atomic E-state index is 0.399. The van der Waals surface area contributed by atoms with Crippen LogP contribution >= 0.6 is 0 Å². The highest BCUT2D eigenvalue weighted by Gasteiger charge is 1.96. The zero-order valence-electron chi connectivity index (χ0n) is 13.3. The highest BCUT2D eigenvalue weighted by molar-refractivity contribution is 4.50. The fourth-order valence-corrected chi connectivity index (χ4v) is 2.21. The van der Waals surface area contributed by atoms with Gasteiger partial charge < -0.3 is 4.74 Å². The molecular formula is C17H36O. The Balaban J connectivity index is 2.95. The summed E-state index contributed by atoms with van der Waals surface area (Å²) in [6, 6.07) is 0. The fraction of sp³-hybridized carbons (Fsp3) is 1.00. The summed E-state index contributed by atoms with van der Waals surface area (Å²) in [5, 5.41) is 0. The van der Waals surface area contributed by atoms with Gasteiger partial charge in [-0.05, 0) is 26.2 Å². The lowest BCUT2D eigenvalue weighted by Gasteiger charge is -2.07. The van der Waals surface area contributed by atoms with Crippen molar-refractivity contribution in [3.05, 3.63) is 0 Å². The molecule has 0 aliphatic rings. The van der Waals surface area contributed by atoms with Gasteiger partial charge in [0.15, 0.2) is 0 Å². The Hall–Kier alpha value is -0.0400. The molecule has 0 aliphatic heterocycles. The summed E-state index contributed by atoms with van der Waals surface area (Å²) in [6.45, 7) is 9.82. The third-order valence-electron chi connectivity index (χ3n) is 3.38. The number of ether oxygens (including phenoxy) is 1. The third-order valence-corrected chi connectivity index (χ3v) is 3.38. The molecule has 1 nitrogen and oxygen atoms in total. The van der Waals surface area contributed by atoms with E-state index in [0.29, 0.717) is 6.10 Å². The number of hydrogen-bond donors (Lipinski definition) is 0. The molecule has 0 atom stereocenters. The Morgan fingerprint density at radius 2 is 1.06 bits per heavy atom. The first kappa shape index (κ1) is 18.0. The van der Waals surface area contributed by atoms with Gasteiger partial charge in [0, 0.05) is 6.61 Å². The average Bonchev–Trinajstić information content (AvgIpc) is 2.29.